The van der Waals surface area contributed by atoms with Gasteiger partial charge >= 0.3 is 0 Å². The molecule has 2 rings (SSSR count). The van der Waals surface area contributed by atoms with Gasteiger partial charge in [0.05, 0.1) is 11.9 Å². The summed E-state index contributed by atoms with van der Waals surface area (Å²) in [5.74, 6) is 0.300. The Bertz CT molecular complexity index is 625. The smallest absolute Gasteiger partial charge is 0.230 e. The first-order valence-electron chi connectivity index (χ1n) is 6.82. The monoisotopic (exact) mass is 323 g/mol. The van der Waals surface area contributed by atoms with E-state index in [-0.39, 0.29) is 5.91 Å². The van der Waals surface area contributed by atoms with Crippen molar-refractivity contribution in [3.05, 3.63) is 41.4 Å². The van der Waals surface area contributed by atoms with E-state index in [0.29, 0.717) is 23.7 Å². The van der Waals surface area contributed by atoms with Crippen molar-refractivity contribution in [2.24, 2.45) is 0 Å². The molecule has 2 aromatic carbocycles. The summed E-state index contributed by atoms with van der Waals surface area (Å²) in [4.78, 5) is 12.8. The third kappa shape index (κ3) is 4.63. The van der Waals surface area contributed by atoms with E-state index in [0.717, 1.165) is 15.7 Å². The summed E-state index contributed by atoms with van der Waals surface area (Å²) in [5, 5.41) is 14.7. The van der Waals surface area contributed by atoms with Gasteiger partial charge in [-0.2, -0.15) is 0 Å². The van der Waals surface area contributed by atoms with Crippen molar-refractivity contribution in [3.8, 4) is 0 Å². The SMILES string of the molecule is CC(O)CCNC(=O)CSc1cccc2cccc(Cl)c12. The molecule has 112 valence electrons. The van der Waals surface area contributed by atoms with Crippen LogP contribution >= 0.6 is 23.4 Å². The van der Waals surface area contributed by atoms with Crippen LogP contribution in [-0.4, -0.2) is 29.4 Å². The van der Waals surface area contributed by atoms with Crippen molar-refractivity contribution >= 4 is 40.0 Å². The Hall–Kier alpha value is -1.23. The highest BCUT2D eigenvalue weighted by Gasteiger charge is 2.08. The number of amides is 1. The van der Waals surface area contributed by atoms with E-state index >= 15 is 0 Å². The molecule has 0 radical (unpaired) electrons. The second-order valence-electron chi connectivity index (χ2n) is 4.87. The Balaban J connectivity index is 1.99. The van der Waals surface area contributed by atoms with Crippen LogP contribution in [0.1, 0.15) is 13.3 Å². The molecule has 0 saturated heterocycles. The minimum Gasteiger partial charge on any atom is -0.393 e. The van der Waals surface area contributed by atoms with Crippen LogP contribution in [0.2, 0.25) is 5.02 Å². The van der Waals surface area contributed by atoms with Gasteiger partial charge < -0.3 is 10.4 Å². The van der Waals surface area contributed by atoms with E-state index in [2.05, 4.69) is 5.32 Å². The molecule has 0 aliphatic rings. The molecule has 0 spiro atoms. The van der Waals surface area contributed by atoms with Crippen molar-refractivity contribution in [1.82, 2.24) is 5.32 Å². The van der Waals surface area contributed by atoms with Crippen molar-refractivity contribution in [2.45, 2.75) is 24.3 Å². The number of nitrogens with one attached hydrogen (secondary N) is 1. The van der Waals surface area contributed by atoms with E-state index < -0.39 is 6.10 Å². The largest absolute Gasteiger partial charge is 0.393 e. The van der Waals surface area contributed by atoms with Crippen LogP contribution in [-0.2, 0) is 4.79 Å². The van der Waals surface area contributed by atoms with Gasteiger partial charge in [-0.05, 0) is 30.9 Å². The number of benzene rings is 2. The standard InChI is InChI=1S/C16H18ClNO2S/c1-11(19)8-9-18-15(20)10-21-14-7-3-5-12-4-2-6-13(17)16(12)14/h2-7,11,19H,8-10H2,1H3,(H,18,20). The number of aliphatic hydroxyl groups excluding tert-OH is 1. The number of carbonyl (C=O) groups excluding carboxylic acids is 1. The number of thioether (sulfide) groups is 1. The molecule has 0 saturated carbocycles. The van der Waals surface area contributed by atoms with Crippen LogP contribution in [0.15, 0.2) is 41.3 Å². The summed E-state index contributed by atoms with van der Waals surface area (Å²) < 4.78 is 0. The highest BCUT2D eigenvalue weighted by molar-refractivity contribution is 8.00. The first-order chi connectivity index (χ1) is 10.1. The maximum absolute atomic E-state index is 11.8. The summed E-state index contributed by atoms with van der Waals surface area (Å²) in [5.41, 5.74) is 0. The van der Waals surface area contributed by atoms with Crippen LogP contribution in [0, 0.1) is 0 Å². The number of rotatable bonds is 6. The van der Waals surface area contributed by atoms with Crippen molar-refractivity contribution < 1.29 is 9.90 Å². The molecule has 2 aromatic rings. The fraction of sp³-hybridized carbons (Fsp3) is 0.312. The summed E-state index contributed by atoms with van der Waals surface area (Å²) in [6.45, 7) is 2.20. The third-order valence-electron chi connectivity index (χ3n) is 3.06. The van der Waals surface area contributed by atoms with E-state index in [9.17, 15) is 4.79 Å². The molecule has 0 aliphatic heterocycles. The lowest BCUT2D eigenvalue weighted by molar-refractivity contribution is -0.118. The minimum absolute atomic E-state index is 0.0373. The number of hydrogen-bond donors (Lipinski definition) is 2. The highest BCUT2D eigenvalue weighted by atomic mass is 35.5. The number of carbonyl (C=O) groups is 1. The number of halogens is 1. The van der Waals surface area contributed by atoms with Gasteiger partial charge in [0.15, 0.2) is 0 Å². The molecular weight excluding hydrogens is 306 g/mol. The molecule has 5 heteroatoms. The molecule has 1 amide bonds. The van der Waals surface area contributed by atoms with Crippen LogP contribution in [0.3, 0.4) is 0 Å². The molecule has 1 atom stereocenters. The lowest BCUT2D eigenvalue weighted by Gasteiger charge is -2.09. The lowest BCUT2D eigenvalue weighted by atomic mass is 10.1. The van der Waals surface area contributed by atoms with Gasteiger partial charge in [-0.3, -0.25) is 4.79 Å². The van der Waals surface area contributed by atoms with Crippen molar-refractivity contribution in [2.75, 3.05) is 12.3 Å². The van der Waals surface area contributed by atoms with Gasteiger partial charge in [0, 0.05) is 21.8 Å². The summed E-state index contributed by atoms with van der Waals surface area (Å²) in [6, 6.07) is 11.7. The van der Waals surface area contributed by atoms with Crippen LogP contribution in [0.5, 0.6) is 0 Å². The molecule has 0 heterocycles. The van der Waals surface area contributed by atoms with Gasteiger partial charge in [0.2, 0.25) is 5.91 Å². The molecule has 3 nitrogen and oxygen atoms in total. The van der Waals surface area contributed by atoms with E-state index in [1.807, 2.05) is 36.4 Å². The maximum Gasteiger partial charge on any atom is 0.230 e. The molecule has 1 unspecified atom stereocenters. The number of hydrogen-bond acceptors (Lipinski definition) is 3. The molecular formula is C16H18ClNO2S. The second-order valence-corrected chi connectivity index (χ2v) is 6.29. The van der Waals surface area contributed by atoms with E-state index in [1.54, 1.807) is 6.92 Å². The van der Waals surface area contributed by atoms with Crippen molar-refractivity contribution in [1.29, 1.82) is 0 Å². The number of fused-ring (bicyclic) bond motifs is 1. The van der Waals surface area contributed by atoms with Crippen LogP contribution in [0.4, 0.5) is 0 Å². The molecule has 2 N–H and O–H groups in total. The normalized spacial score (nSPS) is 12.3. The quantitative estimate of drug-likeness (QED) is 0.800. The summed E-state index contributed by atoms with van der Waals surface area (Å²) in [7, 11) is 0. The average molecular weight is 324 g/mol. The molecule has 0 fully saturated rings. The van der Waals surface area contributed by atoms with E-state index in [4.69, 9.17) is 16.7 Å². The summed E-state index contributed by atoms with van der Waals surface area (Å²) in [6.07, 6.45) is 0.172. The fourth-order valence-electron chi connectivity index (χ4n) is 2.00. The van der Waals surface area contributed by atoms with Gasteiger partial charge in [-0.1, -0.05) is 35.9 Å². The fourth-order valence-corrected chi connectivity index (χ4v) is 3.27. The molecule has 21 heavy (non-hydrogen) atoms. The zero-order valence-corrected chi connectivity index (χ0v) is 13.4. The Morgan fingerprint density at radius 1 is 1.33 bits per heavy atom. The maximum atomic E-state index is 11.8. The van der Waals surface area contributed by atoms with Crippen LogP contribution in [0.25, 0.3) is 10.8 Å². The lowest BCUT2D eigenvalue weighted by Crippen LogP contribution is -2.27. The zero-order valence-electron chi connectivity index (χ0n) is 11.8. The van der Waals surface area contributed by atoms with Gasteiger partial charge in [0.25, 0.3) is 0 Å². The Labute approximate surface area is 133 Å². The predicted molar refractivity (Wildman–Crippen MR) is 89.0 cm³/mol. The van der Waals surface area contributed by atoms with Gasteiger partial charge in [0.1, 0.15) is 0 Å². The van der Waals surface area contributed by atoms with Crippen molar-refractivity contribution in [3.63, 3.8) is 0 Å². The Kier molecular flexibility index (Phi) is 5.91. The minimum atomic E-state index is -0.394. The first-order valence-corrected chi connectivity index (χ1v) is 8.19. The zero-order chi connectivity index (χ0) is 15.2. The summed E-state index contributed by atoms with van der Waals surface area (Å²) >= 11 is 7.73. The molecule has 0 aromatic heterocycles. The molecule has 0 bridgehead atoms. The third-order valence-corrected chi connectivity index (χ3v) is 4.43. The second kappa shape index (κ2) is 7.69. The Morgan fingerprint density at radius 2 is 2.05 bits per heavy atom. The first kappa shape index (κ1) is 16.1. The average Bonchev–Trinajstić information content (AvgIpc) is 2.45. The van der Waals surface area contributed by atoms with Gasteiger partial charge in [-0.25, -0.2) is 0 Å². The van der Waals surface area contributed by atoms with Crippen LogP contribution < -0.4 is 5.32 Å². The predicted octanol–water partition coefficient (Wildman–Crippen LogP) is 3.47. The van der Waals surface area contributed by atoms with Gasteiger partial charge in [-0.15, -0.1) is 11.8 Å². The topological polar surface area (TPSA) is 49.3 Å². The Morgan fingerprint density at radius 3 is 2.76 bits per heavy atom. The molecule has 0 aliphatic carbocycles. The van der Waals surface area contributed by atoms with E-state index in [1.165, 1.54) is 11.8 Å². The number of aliphatic hydroxyl groups is 1. The highest BCUT2D eigenvalue weighted by Crippen LogP contribution is 2.32.